The third-order valence-corrected chi connectivity index (χ3v) is 8.38. The first kappa shape index (κ1) is 21.9. The number of nitrogens with zero attached hydrogens (tertiary/aromatic N) is 1. The van der Waals surface area contributed by atoms with Gasteiger partial charge in [0.25, 0.3) is 0 Å². The van der Waals surface area contributed by atoms with Crippen molar-refractivity contribution in [3.63, 3.8) is 0 Å². The SMILES string of the molecule is O=C(OCc1cc(=O)oc2ccc3ccccc3c12)[C@H]1CS[C@]2(c3ccc(F)cc3)CCC(=O)N12. The largest absolute Gasteiger partial charge is 0.459 e. The van der Waals surface area contributed by atoms with Crippen LogP contribution in [0.3, 0.4) is 0 Å². The number of ether oxygens (including phenoxy) is 1. The molecule has 1 aromatic heterocycles. The Bertz CT molecular complexity index is 1550. The molecule has 0 N–H and O–H groups in total. The molecule has 2 saturated heterocycles. The fourth-order valence-corrected chi connectivity index (χ4v) is 6.84. The Morgan fingerprint density at radius 2 is 1.91 bits per heavy atom. The van der Waals surface area contributed by atoms with Crippen LogP contribution in [-0.2, 0) is 25.8 Å². The van der Waals surface area contributed by atoms with E-state index in [-0.39, 0.29) is 18.3 Å². The Morgan fingerprint density at radius 3 is 2.74 bits per heavy atom. The molecule has 0 unspecified atom stereocenters. The van der Waals surface area contributed by atoms with Crippen LogP contribution >= 0.6 is 11.8 Å². The molecule has 2 aliphatic heterocycles. The lowest BCUT2D eigenvalue weighted by Gasteiger charge is -2.33. The number of hydrogen-bond donors (Lipinski definition) is 0. The first-order valence-electron chi connectivity index (χ1n) is 11.3. The topological polar surface area (TPSA) is 76.8 Å². The summed E-state index contributed by atoms with van der Waals surface area (Å²) in [5, 5.41) is 2.58. The summed E-state index contributed by atoms with van der Waals surface area (Å²) < 4.78 is 24.6. The fraction of sp³-hybridized carbons (Fsp3) is 0.222. The van der Waals surface area contributed by atoms with Crippen LogP contribution < -0.4 is 5.63 Å². The number of carbonyl (C=O) groups excluding carboxylic acids is 2. The molecule has 6 rings (SSSR count). The molecule has 1 amide bonds. The third-order valence-electron chi connectivity index (χ3n) is 6.78. The van der Waals surface area contributed by atoms with Gasteiger partial charge in [-0.3, -0.25) is 4.79 Å². The minimum atomic E-state index is -0.761. The van der Waals surface area contributed by atoms with Crippen LogP contribution in [0.25, 0.3) is 21.7 Å². The summed E-state index contributed by atoms with van der Waals surface area (Å²) in [6, 6.07) is 18.0. The molecule has 0 bridgehead atoms. The lowest BCUT2D eigenvalue weighted by molar-refractivity contribution is -0.155. The van der Waals surface area contributed by atoms with Crippen LogP contribution in [0.2, 0.25) is 0 Å². The molecule has 2 atom stereocenters. The van der Waals surface area contributed by atoms with E-state index < -0.39 is 22.5 Å². The molecule has 0 radical (unpaired) electrons. The molecule has 176 valence electrons. The smallest absolute Gasteiger partial charge is 0.336 e. The van der Waals surface area contributed by atoms with E-state index in [9.17, 15) is 18.8 Å². The van der Waals surface area contributed by atoms with Gasteiger partial charge in [0.15, 0.2) is 0 Å². The molecular formula is C27H20FNO5S. The summed E-state index contributed by atoms with van der Waals surface area (Å²) in [5.41, 5.74) is 1.23. The number of thioether (sulfide) groups is 1. The molecule has 3 aromatic carbocycles. The van der Waals surface area contributed by atoms with E-state index in [2.05, 4.69) is 0 Å². The van der Waals surface area contributed by atoms with Crippen LogP contribution in [0.15, 0.2) is 75.9 Å². The molecular weight excluding hydrogens is 469 g/mol. The number of halogens is 1. The molecule has 2 fully saturated rings. The van der Waals surface area contributed by atoms with Gasteiger partial charge in [0.2, 0.25) is 5.91 Å². The van der Waals surface area contributed by atoms with Gasteiger partial charge in [0, 0.05) is 29.2 Å². The lowest BCUT2D eigenvalue weighted by Crippen LogP contribution is -2.46. The van der Waals surface area contributed by atoms with Gasteiger partial charge in [0.1, 0.15) is 28.9 Å². The van der Waals surface area contributed by atoms with Crippen LogP contribution in [0, 0.1) is 5.82 Å². The Labute approximate surface area is 203 Å². The molecule has 4 aromatic rings. The molecule has 0 aliphatic carbocycles. The molecule has 35 heavy (non-hydrogen) atoms. The van der Waals surface area contributed by atoms with E-state index in [4.69, 9.17) is 9.15 Å². The molecule has 0 spiro atoms. The second-order valence-corrected chi connectivity index (χ2v) is 10.0. The van der Waals surface area contributed by atoms with Crippen molar-refractivity contribution in [1.29, 1.82) is 0 Å². The summed E-state index contributed by atoms with van der Waals surface area (Å²) in [6.07, 6.45) is 0.854. The van der Waals surface area contributed by atoms with Gasteiger partial charge in [-0.2, -0.15) is 0 Å². The predicted octanol–water partition coefficient (Wildman–Crippen LogP) is 4.72. The zero-order valence-electron chi connectivity index (χ0n) is 18.5. The number of rotatable bonds is 4. The zero-order chi connectivity index (χ0) is 24.2. The fourth-order valence-electron chi connectivity index (χ4n) is 5.21. The van der Waals surface area contributed by atoms with Crippen molar-refractivity contribution in [2.24, 2.45) is 0 Å². The van der Waals surface area contributed by atoms with E-state index >= 15 is 0 Å². The highest BCUT2D eigenvalue weighted by molar-refractivity contribution is 8.00. The number of carbonyl (C=O) groups is 2. The monoisotopic (exact) mass is 489 g/mol. The molecule has 3 heterocycles. The first-order chi connectivity index (χ1) is 17.0. The molecule has 8 heteroatoms. The van der Waals surface area contributed by atoms with Crippen molar-refractivity contribution >= 4 is 45.4 Å². The van der Waals surface area contributed by atoms with Crippen molar-refractivity contribution in [1.82, 2.24) is 4.90 Å². The van der Waals surface area contributed by atoms with Gasteiger partial charge in [-0.1, -0.05) is 42.5 Å². The Hall–Kier alpha value is -3.65. The quantitative estimate of drug-likeness (QED) is 0.235. The second kappa shape index (κ2) is 8.23. The highest BCUT2D eigenvalue weighted by atomic mass is 32.2. The summed E-state index contributed by atoms with van der Waals surface area (Å²) in [4.78, 5) is 39.1. The van der Waals surface area contributed by atoms with E-state index in [1.54, 1.807) is 23.1 Å². The number of amides is 1. The number of fused-ring (bicyclic) bond motifs is 4. The standard InChI is InChI=1S/C27H20FNO5S/c28-19-8-6-18(7-9-19)27-12-11-23(30)29(27)21(15-35-27)26(32)33-14-17-13-24(31)34-22-10-5-16-3-1-2-4-20(16)25(17)22/h1-10,13,21H,11-12,14-15H2/t21-,27+/m1/s1. The maximum absolute atomic E-state index is 13.5. The zero-order valence-corrected chi connectivity index (χ0v) is 19.3. The van der Waals surface area contributed by atoms with Gasteiger partial charge in [-0.05, 0) is 41.0 Å². The molecule has 0 saturated carbocycles. The van der Waals surface area contributed by atoms with Gasteiger partial charge < -0.3 is 14.1 Å². The van der Waals surface area contributed by atoms with E-state index in [0.717, 1.165) is 16.3 Å². The van der Waals surface area contributed by atoms with Crippen LogP contribution in [0.4, 0.5) is 4.39 Å². The minimum Gasteiger partial charge on any atom is -0.459 e. The maximum Gasteiger partial charge on any atom is 0.336 e. The maximum atomic E-state index is 13.5. The first-order valence-corrected chi connectivity index (χ1v) is 12.3. The van der Waals surface area contributed by atoms with Gasteiger partial charge in [0.05, 0.1) is 0 Å². The highest BCUT2D eigenvalue weighted by Gasteiger charge is 2.57. The van der Waals surface area contributed by atoms with Crippen molar-refractivity contribution in [2.75, 3.05) is 5.75 Å². The van der Waals surface area contributed by atoms with Crippen LogP contribution in [-0.4, -0.2) is 28.6 Å². The van der Waals surface area contributed by atoms with E-state index in [0.29, 0.717) is 35.1 Å². The van der Waals surface area contributed by atoms with Crippen molar-refractivity contribution in [3.05, 3.63) is 94.1 Å². The Balaban J connectivity index is 1.30. The average molecular weight is 490 g/mol. The third kappa shape index (κ3) is 3.51. The summed E-state index contributed by atoms with van der Waals surface area (Å²) >= 11 is 1.50. The van der Waals surface area contributed by atoms with Crippen molar-refractivity contribution < 1.29 is 23.1 Å². The molecule has 2 aliphatic rings. The van der Waals surface area contributed by atoms with Gasteiger partial charge in [-0.25, -0.2) is 14.0 Å². The Kier molecular flexibility index (Phi) is 5.14. The summed E-state index contributed by atoms with van der Waals surface area (Å²) in [7, 11) is 0. The van der Waals surface area contributed by atoms with Crippen LogP contribution in [0.5, 0.6) is 0 Å². The van der Waals surface area contributed by atoms with E-state index in [1.807, 2.05) is 30.3 Å². The number of hydrogen-bond acceptors (Lipinski definition) is 6. The number of benzene rings is 3. The average Bonchev–Trinajstić information content (AvgIpc) is 3.41. The van der Waals surface area contributed by atoms with E-state index in [1.165, 1.54) is 30.0 Å². The van der Waals surface area contributed by atoms with Gasteiger partial charge >= 0.3 is 11.6 Å². The van der Waals surface area contributed by atoms with Crippen LogP contribution in [0.1, 0.15) is 24.0 Å². The van der Waals surface area contributed by atoms with Gasteiger partial charge in [-0.15, -0.1) is 11.8 Å². The second-order valence-electron chi connectivity index (χ2n) is 8.74. The molecule has 6 nitrogen and oxygen atoms in total. The predicted molar refractivity (Wildman–Crippen MR) is 130 cm³/mol. The summed E-state index contributed by atoms with van der Waals surface area (Å²) in [5.74, 6) is -0.633. The Morgan fingerprint density at radius 1 is 1.11 bits per heavy atom. The lowest BCUT2D eigenvalue weighted by atomic mass is 10.0. The summed E-state index contributed by atoms with van der Waals surface area (Å²) in [6.45, 7) is -0.123. The van der Waals surface area contributed by atoms with Crippen molar-refractivity contribution in [2.45, 2.75) is 30.4 Å². The minimum absolute atomic E-state index is 0.123. The number of esters is 1. The van der Waals surface area contributed by atoms with Crippen molar-refractivity contribution in [3.8, 4) is 0 Å². The highest BCUT2D eigenvalue weighted by Crippen LogP contribution is 2.54. The normalized spacial score (nSPS) is 21.6.